The number of carbonyl (C=O) groups is 1. The van der Waals surface area contributed by atoms with E-state index >= 15 is 0 Å². The molecule has 1 amide bonds. The maximum Gasteiger partial charge on any atom is 0.246 e. The Hall–Kier alpha value is -2.37. The standard InChI is InChI=1S/C11H13N5O/c1-8-2-3-13-5-10(8)15-11(17)7-16-6-9(12)4-14-16/h2-6H,7,12H2,1H3,(H,15,17). The molecule has 0 aliphatic carbocycles. The maximum atomic E-state index is 11.7. The quantitative estimate of drug-likeness (QED) is 0.818. The van der Waals surface area contributed by atoms with Crippen molar-refractivity contribution >= 4 is 17.3 Å². The minimum Gasteiger partial charge on any atom is -0.396 e. The van der Waals surface area contributed by atoms with Gasteiger partial charge in [-0.2, -0.15) is 5.10 Å². The fraction of sp³-hybridized carbons (Fsp3) is 0.182. The lowest BCUT2D eigenvalue weighted by molar-refractivity contribution is -0.116. The zero-order valence-corrected chi connectivity index (χ0v) is 9.42. The second-order valence-corrected chi connectivity index (χ2v) is 3.71. The van der Waals surface area contributed by atoms with Crippen molar-refractivity contribution in [1.29, 1.82) is 0 Å². The van der Waals surface area contributed by atoms with E-state index < -0.39 is 0 Å². The molecule has 17 heavy (non-hydrogen) atoms. The number of rotatable bonds is 3. The van der Waals surface area contributed by atoms with Gasteiger partial charge in [0, 0.05) is 12.4 Å². The van der Waals surface area contributed by atoms with Crippen LogP contribution < -0.4 is 11.1 Å². The van der Waals surface area contributed by atoms with Crippen LogP contribution >= 0.6 is 0 Å². The molecule has 0 radical (unpaired) electrons. The largest absolute Gasteiger partial charge is 0.396 e. The number of aromatic nitrogens is 3. The molecule has 0 saturated heterocycles. The summed E-state index contributed by atoms with van der Waals surface area (Å²) >= 11 is 0. The van der Waals surface area contributed by atoms with E-state index in [4.69, 9.17) is 5.73 Å². The molecule has 0 aliphatic heterocycles. The van der Waals surface area contributed by atoms with Crippen LogP contribution in [0.25, 0.3) is 0 Å². The van der Waals surface area contributed by atoms with Gasteiger partial charge in [0.15, 0.2) is 0 Å². The minimum atomic E-state index is -0.163. The average Bonchev–Trinajstić information content (AvgIpc) is 2.67. The molecule has 2 rings (SSSR count). The second kappa shape index (κ2) is 4.65. The summed E-state index contributed by atoms with van der Waals surface area (Å²) in [5.41, 5.74) is 7.72. The van der Waals surface area contributed by atoms with E-state index in [1.165, 1.54) is 10.9 Å². The van der Waals surface area contributed by atoms with Crippen molar-refractivity contribution in [2.75, 3.05) is 11.1 Å². The van der Waals surface area contributed by atoms with Crippen molar-refractivity contribution in [2.24, 2.45) is 0 Å². The summed E-state index contributed by atoms with van der Waals surface area (Å²) in [6.45, 7) is 2.04. The molecular formula is C11H13N5O. The van der Waals surface area contributed by atoms with E-state index in [1.807, 2.05) is 13.0 Å². The van der Waals surface area contributed by atoms with Crippen molar-refractivity contribution in [3.8, 4) is 0 Å². The first-order valence-electron chi connectivity index (χ1n) is 5.13. The van der Waals surface area contributed by atoms with Gasteiger partial charge < -0.3 is 11.1 Å². The minimum absolute atomic E-state index is 0.130. The molecular weight excluding hydrogens is 218 g/mol. The summed E-state index contributed by atoms with van der Waals surface area (Å²) in [5.74, 6) is -0.163. The number of hydrogen-bond acceptors (Lipinski definition) is 4. The van der Waals surface area contributed by atoms with E-state index in [9.17, 15) is 4.79 Å². The summed E-state index contributed by atoms with van der Waals surface area (Å²) in [6, 6.07) is 1.83. The van der Waals surface area contributed by atoms with Crippen LogP contribution in [0.15, 0.2) is 30.9 Å². The number of nitrogen functional groups attached to an aromatic ring is 1. The second-order valence-electron chi connectivity index (χ2n) is 3.71. The molecule has 0 bridgehead atoms. The van der Waals surface area contributed by atoms with E-state index in [1.54, 1.807) is 18.6 Å². The van der Waals surface area contributed by atoms with Crippen molar-refractivity contribution in [1.82, 2.24) is 14.8 Å². The van der Waals surface area contributed by atoms with E-state index in [-0.39, 0.29) is 12.5 Å². The Labute approximate surface area is 98.5 Å². The number of anilines is 2. The summed E-state index contributed by atoms with van der Waals surface area (Å²) in [6.07, 6.45) is 6.40. The smallest absolute Gasteiger partial charge is 0.246 e. The van der Waals surface area contributed by atoms with Crippen LogP contribution in [0.4, 0.5) is 11.4 Å². The molecule has 6 heteroatoms. The predicted octanol–water partition coefficient (Wildman–Crippen LogP) is 0.807. The zero-order valence-electron chi connectivity index (χ0n) is 9.42. The Morgan fingerprint density at radius 3 is 3.00 bits per heavy atom. The van der Waals surface area contributed by atoms with Crippen LogP contribution in [0.2, 0.25) is 0 Å². The third-order valence-electron chi connectivity index (χ3n) is 2.27. The molecule has 88 valence electrons. The highest BCUT2D eigenvalue weighted by Crippen LogP contribution is 2.11. The summed E-state index contributed by atoms with van der Waals surface area (Å²) in [4.78, 5) is 15.7. The number of nitrogens with two attached hydrogens (primary N) is 1. The lowest BCUT2D eigenvalue weighted by atomic mass is 10.2. The van der Waals surface area contributed by atoms with Crippen molar-refractivity contribution in [2.45, 2.75) is 13.5 Å². The van der Waals surface area contributed by atoms with Gasteiger partial charge in [-0.3, -0.25) is 14.5 Å². The number of hydrogen-bond donors (Lipinski definition) is 2. The molecule has 2 aromatic heterocycles. The molecule has 0 spiro atoms. The molecule has 0 aromatic carbocycles. The highest BCUT2D eigenvalue weighted by Gasteiger charge is 2.06. The lowest BCUT2D eigenvalue weighted by Gasteiger charge is -2.07. The summed E-state index contributed by atoms with van der Waals surface area (Å²) < 4.78 is 1.48. The van der Waals surface area contributed by atoms with Gasteiger partial charge in [-0.05, 0) is 18.6 Å². The SMILES string of the molecule is Cc1ccncc1NC(=O)Cn1cc(N)cn1. The summed E-state index contributed by atoms with van der Waals surface area (Å²) in [7, 11) is 0. The molecule has 0 fully saturated rings. The van der Waals surface area contributed by atoms with Gasteiger partial charge in [-0.1, -0.05) is 0 Å². The van der Waals surface area contributed by atoms with Crippen LogP contribution in [0.5, 0.6) is 0 Å². The number of nitrogens with one attached hydrogen (secondary N) is 1. The Morgan fingerprint density at radius 1 is 1.53 bits per heavy atom. The first-order chi connectivity index (χ1) is 8.15. The monoisotopic (exact) mass is 231 g/mol. The molecule has 0 aliphatic rings. The van der Waals surface area contributed by atoms with Crippen LogP contribution in [0, 0.1) is 6.92 Å². The van der Waals surface area contributed by atoms with Crippen molar-refractivity contribution in [3.63, 3.8) is 0 Å². The fourth-order valence-electron chi connectivity index (χ4n) is 1.40. The number of aryl methyl sites for hydroxylation is 1. The van der Waals surface area contributed by atoms with Crippen LogP contribution in [-0.2, 0) is 11.3 Å². The topological polar surface area (TPSA) is 85.8 Å². The fourth-order valence-corrected chi connectivity index (χ4v) is 1.40. The molecule has 3 N–H and O–H groups in total. The van der Waals surface area contributed by atoms with Crippen LogP contribution in [0.3, 0.4) is 0 Å². The normalized spacial score (nSPS) is 10.2. The maximum absolute atomic E-state index is 11.7. The Morgan fingerprint density at radius 2 is 2.35 bits per heavy atom. The van der Waals surface area contributed by atoms with Gasteiger partial charge >= 0.3 is 0 Å². The third-order valence-corrected chi connectivity index (χ3v) is 2.27. The van der Waals surface area contributed by atoms with Gasteiger partial charge in [0.2, 0.25) is 5.91 Å². The Bertz CT molecular complexity index is 534. The van der Waals surface area contributed by atoms with Gasteiger partial charge in [0.05, 0.1) is 23.8 Å². The number of amides is 1. The van der Waals surface area contributed by atoms with E-state index in [0.29, 0.717) is 11.4 Å². The highest BCUT2D eigenvalue weighted by atomic mass is 16.2. The lowest BCUT2D eigenvalue weighted by Crippen LogP contribution is -2.19. The van der Waals surface area contributed by atoms with Crippen LogP contribution in [-0.4, -0.2) is 20.7 Å². The van der Waals surface area contributed by atoms with Gasteiger partial charge in [-0.25, -0.2) is 0 Å². The van der Waals surface area contributed by atoms with E-state index in [2.05, 4.69) is 15.4 Å². The van der Waals surface area contributed by atoms with Crippen LogP contribution in [0.1, 0.15) is 5.56 Å². The molecule has 0 unspecified atom stereocenters. The zero-order chi connectivity index (χ0) is 12.3. The van der Waals surface area contributed by atoms with Gasteiger partial charge in [0.25, 0.3) is 0 Å². The first kappa shape index (κ1) is 11.1. The third kappa shape index (κ3) is 2.81. The predicted molar refractivity (Wildman–Crippen MR) is 64.2 cm³/mol. The molecule has 0 saturated carbocycles. The summed E-state index contributed by atoms with van der Waals surface area (Å²) in [5, 5.41) is 6.70. The van der Waals surface area contributed by atoms with Gasteiger partial charge in [0.1, 0.15) is 6.54 Å². The highest BCUT2D eigenvalue weighted by molar-refractivity contribution is 5.91. The Balaban J connectivity index is 2.01. The van der Waals surface area contributed by atoms with Gasteiger partial charge in [-0.15, -0.1) is 0 Å². The Kier molecular flexibility index (Phi) is 3.04. The van der Waals surface area contributed by atoms with E-state index in [0.717, 1.165) is 5.56 Å². The van der Waals surface area contributed by atoms with Crippen molar-refractivity contribution < 1.29 is 4.79 Å². The first-order valence-corrected chi connectivity index (χ1v) is 5.13. The molecule has 0 atom stereocenters. The molecule has 2 aromatic rings. The number of nitrogens with zero attached hydrogens (tertiary/aromatic N) is 3. The molecule has 2 heterocycles. The average molecular weight is 231 g/mol. The van der Waals surface area contributed by atoms with Crippen molar-refractivity contribution in [3.05, 3.63) is 36.4 Å². The molecule has 6 nitrogen and oxygen atoms in total. The number of carbonyl (C=O) groups excluding carboxylic acids is 1. The number of pyridine rings is 1.